The minimum Gasteiger partial charge on any atom is -0.337 e. The van der Waals surface area contributed by atoms with Crippen molar-refractivity contribution in [3.8, 4) is 0 Å². The van der Waals surface area contributed by atoms with Gasteiger partial charge in [0, 0.05) is 12.1 Å². The Morgan fingerprint density at radius 1 is 1.24 bits per heavy atom. The molecule has 0 aliphatic rings. The van der Waals surface area contributed by atoms with Crippen molar-refractivity contribution in [1.82, 2.24) is 15.1 Å². The first-order chi connectivity index (χ1) is 11.8. The quantitative estimate of drug-likeness (QED) is 0.565. The molecule has 2 rings (SSSR count). The lowest BCUT2D eigenvalue weighted by Gasteiger charge is -2.30. The molecule has 0 bridgehead atoms. The van der Waals surface area contributed by atoms with Crippen LogP contribution in [0.25, 0.3) is 0 Å². The number of carbonyl (C=O) groups is 2. The van der Waals surface area contributed by atoms with Crippen LogP contribution in [0.3, 0.4) is 0 Å². The molecule has 1 N–H and O–H groups in total. The second-order valence-corrected chi connectivity index (χ2v) is 9.20. The number of aromatic nitrogens is 2. The highest BCUT2D eigenvalue weighted by Crippen LogP contribution is 2.27. The van der Waals surface area contributed by atoms with E-state index in [4.69, 9.17) is 0 Å². The lowest BCUT2D eigenvalue weighted by molar-refractivity contribution is -0.131. The van der Waals surface area contributed by atoms with Crippen LogP contribution in [-0.2, 0) is 4.79 Å². The molecule has 0 aliphatic carbocycles. The van der Waals surface area contributed by atoms with Crippen LogP contribution in [0.5, 0.6) is 0 Å². The van der Waals surface area contributed by atoms with Gasteiger partial charge in [-0.15, -0.1) is 21.5 Å². The number of nitrogens with zero attached hydrogens (tertiary/aromatic N) is 3. The molecule has 0 saturated carbocycles. The number of thioether (sulfide) groups is 1. The number of aryl methyl sites for hydroxylation is 1. The maximum absolute atomic E-state index is 12.4. The van der Waals surface area contributed by atoms with Gasteiger partial charge in [0.05, 0.1) is 10.6 Å². The van der Waals surface area contributed by atoms with E-state index in [1.807, 2.05) is 51.0 Å². The minimum absolute atomic E-state index is 0.0739. The highest BCUT2D eigenvalue weighted by Gasteiger charge is 2.21. The third kappa shape index (κ3) is 5.52. The predicted molar refractivity (Wildman–Crippen MR) is 105 cm³/mol. The Bertz CT molecular complexity index is 731. The number of rotatable bonds is 7. The van der Waals surface area contributed by atoms with E-state index in [-0.39, 0.29) is 23.9 Å². The number of hydrogen-bond donors (Lipinski definition) is 1. The summed E-state index contributed by atoms with van der Waals surface area (Å²) in [5.41, 5.74) is 1.06. The maximum Gasteiger partial charge on any atom is 0.267 e. The largest absolute Gasteiger partial charge is 0.337 e. The Kier molecular flexibility index (Phi) is 6.97. The molecule has 6 nitrogen and oxygen atoms in total. The first-order valence-corrected chi connectivity index (χ1v) is 10.6. The zero-order valence-electron chi connectivity index (χ0n) is 14.9. The molecule has 0 aliphatic heterocycles. The standard InChI is InChI=1S/C16H22N4O2S3/c1-9(2)20(10(3)4)13(21)8-24-16-19-18-15(25-16)17-14(22)12-6-11(5)7-23-12/h6-7,9-10H,8H2,1-5H3,(H,17,18,22). The summed E-state index contributed by atoms with van der Waals surface area (Å²) in [6, 6.07) is 2.15. The lowest BCUT2D eigenvalue weighted by atomic mass is 10.2. The Labute approximate surface area is 160 Å². The molecule has 0 atom stereocenters. The summed E-state index contributed by atoms with van der Waals surface area (Å²) in [6.45, 7) is 9.98. The molecule has 2 aromatic rings. The fraction of sp³-hybridized carbons (Fsp3) is 0.500. The van der Waals surface area contributed by atoms with Gasteiger partial charge in [-0.25, -0.2) is 0 Å². The van der Waals surface area contributed by atoms with Gasteiger partial charge in [0.15, 0.2) is 4.34 Å². The molecule has 2 heterocycles. The summed E-state index contributed by atoms with van der Waals surface area (Å²) in [7, 11) is 0. The molecule has 0 unspecified atom stereocenters. The van der Waals surface area contributed by atoms with Gasteiger partial charge in [0.2, 0.25) is 11.0 Å². The van der Waals surface area contributed by atoms with Gasteiger partial charge in [-0.2, -0.15) is 0 Å². The van der Waals surface area contributed by atoms with Crippen molar-refractivity contribution in [2.45, 2.75) is 51.0 Å². The molecule has 2 aromatic heterocycles. The van der Waals surface area contributed by atoms with Crippen LogP contribution in [0.4, 0.5) is 5.13 Å². The average Bonchev–Trinajstić information content (AvgIpc) is 3.13. The van der Waals surface area contributed by atoms with Crippen molar-refractivity contribution in [2.24, 2.45) is 0 Å². The molecule has 9 heteroatoms. The van der Waals surface area contributed by atoms with E-state index in [1.165, 1.54) is 34.4 Å². The average molecular weight is 399 g/mol. The van der Waals surface area contributed by atoms with Gasteiger partial charge in [-0.3, -0.25) is 14.9 Å². The summed E-state index contributed by atoms with van der Waals surface area (Å²) in [5.74, 6) is 0.195. The summed E-state index contributed by atoms with van der Waals surface area (Å²) < 4.78 is 0.665. The maximum atomic E-state index is 12.4. The molecular formula is C16H22N4O2S3. The van der Waals surface area contributed by atoms with E-state index < -0.39 is 0 Å². The monoisotopic (exact) mass is 398 g/mol. The number of amides is 2. The van der Waals surface area contributed by atoms with Crippen molar-refractivity contribution < 1.29 is 9.59 Å². The first-order valence-electron chi connectivity index (χ1n) is 7.92. The SMILES string of the molecule is Cc1csc(C(=O)Nc2nnc(SCC(=O)N(C(C)C)C(C)C)s2)c1. The molecule has 2 amide bonds. The molecule has 0 radical (unpaired) electrons. The van der Waals surface area contributed by atoms with E-state index >= 15 is 0 Å². The first kappa shape index (κ1) is 19.9. The van der Waals surface area contributed by atoms with Crippen LogP contribution < -0.4 is 5.32 Å². The smallest absolute Gasteiger partial charge is 0.267 e. The number of nitrogens with one attached hydrogen (secondary N) is 1. The van der Waals surface area contributed by atoms with E-state index in [9.17, 15) is 9.59 Å². The number of carbonyl (C=O) groups excluding carboxylic acids is 2. The normalized spacial score (nSPS) is 11.2. The van der Waals surface area contributed by atoms with Crippen molar-refractivity contribution in [3.05, 3.63) is 21.9 Å². The minimum atomic E-state index is -0.187. The predicted octanol–water partition coefficient (Wildman–Crippen LogP) is 3.90. The summed E-state index contributed by atoms with van der Waals surface area (Å²) >= 11 is 4.02. The molecular weight excluding hydrogens is 376 g/mol. The van der Waals surface area contributed by atoms with Crippen LogP contribution in [0, 0.1) is 6.92 Å². The van der Waals surface area contributed by atoms with Gasteiger partial charge in [0.25, 0.3) is 5.91 Å². The zero-order valence-corrected chi connectivity index (χ0v) is 17.3. The zero-order chi connectivity index (χ0) is 18.6. The lowest BCUT2D eigenvalue weighted by Crippen LogP contribution is -2.43. The van der Waals surface area contributed by atoms with Crippen molar-refractivity contribution in [3.63, 3.8) is 0 Å². The van der Waals surface area contributed by atoms with Gasteiger partial charge in [-0.1, -0.05) is 23.1 Å². The molecule has 136 valence electrons. The Morgan fingerprint density at radius 2 is 1.92 bits per heavy atom. The third-order valence-electron chi connectivity index (χ3n) is 3.30. The van der Waals surface area contributed by atoms with Crippen molar-refractivity contribution in [1.29, 1.82) is 0 Å². The van der Waals surface area contributed by atoms with Crippen LogP contribution in [0.1, 0.15) is 42.9 Å². The molecule has 0 aromatic carbocycles. The highest BCUT2D eigenvalue weighted by molar-refractivity contribution is 8.01. The van der Waals surface area contributed by atoms with E-state index in [0.29, 0.717) is 20.1 Å². The Morgan fingerprint density at radius 3 is 2.48 bits per heavy atom. The van der Waals surface area contributed by atoms with Crippen LogP contribution in [0.2, 0.25) is 0 Å². The number of thiophene rings is 1. The van der Waals surface area contributed by atoms with Crippen LogP contribution in [-0.4, -0.2) is 44.7 Å². The molecule has 0 spiro atoms. The van der Waals surface area contributed by atoms with Crippen molar-refractivity contribution in [2.75, 3.05) is 11.1 Å². The third-order valence-corrected chi connectivity index (χ3v) is 6.30. The molecule has 25 heavy (non-hydrogen) atoms. The van der Waals surface area contributed by atoms with Gasteiger partial charge in [0.1, 0.15) is 0 Å². The van der Waals surface area contributed by atoms with Gasteiger partial charge >= 0.3 is 0 Å². The fourth-order valence-corrected chi connectivity index (χ4v) is 4.81. The Balaban J connectivity index is 1.91. The summed E-state index contributed by atoms with van der Waals surface area (Å²) in [4.78, 5) is 27.0. The van der Waals surface area contributed by atoms with Gasteiger partial charge < -0.3 is 4.90 Å². The molecule has 0 saturated heterocycles. The van der Waals surface area contributed by atoms with Crippen LogP contribution >= 0.6 is 34.4 Å². The number of anilines is 1. The second-order valence-electron chi connectivity index (χ2n) is 6.09. The Hall–Kier alpha value is -1.45. The fourth-order valence-electron chi connectivity index (χ4n) is 2.40. The number of hydrogen-bond acceptors (Lipinski definition) is 7. The van der Waals surface area contributed by atoms with Crippen molar-refractivity contribution >= 4 is 51.4 Å². The van der Waals surface area contributed by atoms with E-state index in [2.05, 4.69) is 15.5 Å². The topological polar surface area (TPSA) is 75.2 Å². The van der Waals surface area contributed by atoms with E-state index in [0.717, 1.165) is 5.56 Å². The highest BCUT2D eigenvalue weighted by atomic mass is 32.2. The second kappa shape index (κ2) is 8.77. The van der Waals surface area contributed by atoms with Gasteiger partial charge in [-0.05, 0) is 51.6 Å². The summed E-state index contributed by atoms with van der Waals surface area (Å²) in [5, 5.41) is 13.1. The molecule has 0 fully saturated rings. The van der Waals surface area contributed by atoms with E-state index in [1.54, 1.807) is 0 Å². The van der Waals surface area contributed by atoms with Crippen LogP contribution in [0.15, 0.2) is 15.8 Å². The summed E-state index contributed by atoms with van der Waals surface area (Å²) in [6.07, 6.45) is 0.